The van der Waals surface area contributed by atoms with Crippen LogP contribution in [-0.2, 0) is 16.0 Å². The van der Waals surface area contributed by atoms with Crippen LogP contribution in [0.25, 0.3) is 5.57 Å². The Labute approximate surface area is 231 Å². The first-order valence-electron chi connectivity index (χ1n) is 12.2. The first-order chi connectivity index (χ1) is 19.4. The summed E-state index contributed by atoms with van der Waals surface area (Å²) >= 11 is 0. The lowest BCUT2D eigenvalue weighted by Gasteiger charge is -2.18. The number of allylic oxidation sites excluding steroid dienone is 1. The van der Waals surface area contributed by atoms with Crippen molar-refractivity contribution in [2.45, 2.75) is 6.42 Å². The topological polar surface area (TPSA) is 108 Å². The lowest BCUT2D eigenvalue weighted by atomic mass is 9.89. The Kier molecular flexibility index (Phi) is 8.68. The van der Waals surface area contributed by atoms with Crippen LogP contribution in [0, 0.1) is 0 Å². The molecule has 10 heteroatoms. The van der Waals surface area contributed by atoms with Gasteiger partial charge in [0.25, 0.3) is 0 Å². The first kappa shape index (κ1) is 28.2. The van der Waals surface area contributed by atoms with Crippen LogP contribution in [0.1, 0.15) is 21.5 Å². The van der Waals surface area contributed by atoms with Gasteiger partial charge < -0.3 is 37.9 Å². The highest BCUT2D eigenvalue weighted by molar-refractivity contribution is 6.27. The Bertz CT molecular complexity index is 1410. The average molecular weight is 551 g/mol. The molecule has 0 unspecified atom stereocenters. The summed E-state index contributed by atoms with van der Waals surface area (Å²) in [6, 6.07) is 13.3. The molecule has 0 amide bonds. The minimum Gasteiger partial charge on any atom is -0.497 e. The number of hydrogen-bond acceptors (Lipinski definition) is 10. The highest BCUT2D eigenvalue weighted by Gasteiger charge is 2.29. The van der Waals surface area contributed by atoms with Gasteiger partial charge >= 0.3 is 5.97 Å². The molecule has 0 aromatic heterocycles. The molecule has 4 rings (SSSR count). The van der Waals surface area contributed by atoms with Gasteiger partial charge in [-0.15, -0.1) is 0 Å². The van der Waals surface area contributed by atoms with Crippen molar-refractivity contribution in [3.63, 3.8) is 0 Å². The van der Waals surface area contributed by atoms with E-state index in [9.17, 15) is 9.59 Å². The minimum absolute atomic E-state index is 0.00447. The fourth-order valence-corrected chi connectivity index (χ4v) is 4.43. The van der Waals surface area contributed by atoms with E-state index < -0.39 is 11.8 Å². The van der Waals surface area contributed by atoms with Gasteiger partial charge in [-0.05, 0) is 59.7 Å². The second-order valence-corrected chi connectivity index (χ2v) is 8.53. The Morgan fingerprint density at radius 3 is 1.93 bits per heavy atom. The fourth-order valence-electron chi connectivity index (χ4n) is 4.43. The van der Waals surface area contributed by atoms with Gasteiger partial charge in [0.2, 0.25) is 18.3 Å². The molecule has 1 heterocycles. The summed E-state index contributed by atoms with van der Waals surface area (Å²) < 4.78 is 43.5. The molecule has 0 saturated heterocycles. The number of carbonyl (C=O) groups excluding carboxylic acids is 2. The van der Waals surface area contributed by atoms with Crippen molar-refractivity contribution < 1.29 is 47.5 Å². The van der Waals surface area contributed by atoms with E-state index in [0.717, 1.165) is 0 Å². The number of ether oxygens (including phenoxy) is 8. The summed E-state index contributed by atoms with van der Waals surface area (Å²) in [5.74, 6) is 1.79. The van der Waals surface area contributed by atoms with Crippen molar-refractivity contribution in [3.05, 3.63) is 70.8 Å². The summed E-state index contributed by atoms with van der Waals surface area (Å²) in [6.07, 6.45) is 0.0166. The van der Waals surface area contributed by atoms with Crippen molar-refractivity contribution in [2.75, 3.05) is 49.5 Å². The molecule has 0 spiro atoms. The molecule has 0 radical (unpaired) electrons. The van der Waals surface area contributed by atoms with E-state index in [2.05, 4.69) is 0 Å². The highest BCUT2D eigenvalue weighted by atomic mass is 16.7. The predicted octanol–water partition coefficient (Wildman–Crippen LogP) is 4.51. The van der Waals surface area contributed by atoms with Gasteiger partial charge in [-0.3, -0.25) is 4.79 Å². The molecule has 0 bridgehead atoms. The van der Waals surface area contributed by atoms with Crippen LogP contribution in [-0.4, -0.2) is 61.2 Å². The molecule has 0 N–H and O–H groups in total. The van der Waals surface area contributed by atoms with E-state index in [1.807, 2.05) is 0 Å². The molecule has 40 heavy (non-hydrogen) atoms. The van der Waals surface area contributed by atoms with Crippen molar-refractivity contribution in [1.29, 1.82) is 0 Å². The van der Waals surface area contributed by atoms with Crippen LogP contribution in [0.5, 0.6) is 40.2 Å². The van der Waals surface area contributed by atoms with Gasteiger partial charge in [0.05, 0.1) is 48.2 Å². The maximum absolute atomic E-state index is 14.1. The molecule has 1 aliphatic rings. The lowest BCUT2D eigenvalue weighted by Crippen LogP contribution is -2.15. The van der Waals surface area contributed by atoms with Crippen molar-refractivity contribution in [2.24, 2.45) is 0 Å². The summed E-state index contributed by atoms with van der Waals surface area (Å²) in [4.78, 5) is 27.5. The van der Waals surface area contributed by atoms with E-state index in [1.165, 1.54) is 42.7 Å². The molecular formula is C30H30O10. The molecular weight excluding hydrogens is 520 g/mol. The fraction of sp³-hybridized carbons (Fsp3) is 0.267. The van der Waals surface area contributed by atoms with Crippen LogP contribution in [0.4, 0.5) is 0 Å². The highest BCUT2D eigenvalue weighted by Crippen LogP contribution is 2.44. The van der Waals surface area contributed by atoms with E-state index in [4.69, 9.17) is 37.9 Å². The summed E-state index contributed by atoms with van der Waals surface area (Å²) in [5, 5.41) is 0. The van der Waals surface area contributed by atoms with Gasteiger partial charge in [-0.1, -0.05) is 0 Å². The number of Topliss-reactive ketones (excluding diaryl/α,β-unsaturated/α-hetero) is 1. The number of benzene rings is 3. The maximum atomic E-state index is 14.1. The predicted molar refractivity (Wildman–Crippen MR) is 145 cm³/mol. The lowest BCUT2D eigenvalue weighted by molar-refractivity contribution is -0.133. The van der Waals surface area contributed by atoms with Crippen LogP contribution >= 0.6 is 0 Å². The smallest absolute Gasteiger partial charge is 0.338 e. The Morgan fingerprint density at radius 2 is 1.38 bits per heavy atom. The van der Waals surface area contributed by atoms with Gasteiger partial charge in [0.15, 0.2) is 28.8 Å². The molecule has 0 saturated carbocycles. The second kappa shape index (κ2) is 12.3. The molecule has 1 aliphatic heterocycles. The van der Waals surface area contributed by atoms with E-state index in [0.29, 0.717) is 56.9 Å². The SMILES string of the molecule is COC(=O)/C(=C(/Cc1cc(OC)c(OC)c(OC)c1)C(=O)c1ccc(OC)cc1)c1cc(OC)c2c(c1)OCO2. The average Bonchev–Trinajstić information content (AvgIpc) is 3.48. The van der Waals surface area contributed by atoms with Crippen molar-refractivity contribution >= 4 is 17.3 Å². The van der Waals surface area contributed by atoms with E-state index in [1.54, 1.807) is 48.5 Å². The van der Waals surface area contributed by atoms with Gasteiger partial charge in [0.1, 0.15) is 5.75 Å². The van der Waals surface area contributed by atoms with E-state index >= 15 is 0 Å². The molecule has 0 fully saturated rings. The maximum Gasteiger partial charge on any atom is 0.338 e. The molecule has 0 atom stereocenters. The van der Waals surface area contributed by atoms with Crippen molar-refractivity contribution in [1.82, 2.24) is 0 Å². The standard InChI is InChI=1S/C30H30O10/c1-33-20-9-7-18(8-10-20)27(31)21(11-17-12-22(34-2)28(37-5)23(13-17)35-3)26(30(32)38-6)19-14-24(36-4)29-25(15-19)39-16-40-29/h7-10,12-15H,11,16H2,1-6H3/b26-21-. The number of fused-ring (bicyclic) bond motifs is 1. The number of carbonyl (C=O) groups is 2. The van der Waals surface area contributed by atoms with Gasteiger partial charge in [-0.2, -0.15) is 0 Å². The molecule has 210 valence electrons. The number of rotatable bonds is 11. The third kappa shape index (κ3) is 5.47. The van der Waals surface area contributed by atoms with E-state index in [-0.39, 0.29) is 24.4 Å². The zero-order chi connectivity index (χ0) is 28.8. The molecule has 0 aliphatic carbocycles. The Balaban J connectivity index is 1.98. The first-order valence-corrected chi connectivity index (χ1v) is 12.2. The summed E-state index contributed by atoms with van der Waals surface area (Å²) in [7, 11) is 8.76. The Morgan fingerprint density at radius 1 is 0.725 bits per heavy atom. The summed E-state index contributed by atoms with van der Waals surface area (Å²) in [5.41, 5.74) is 1.52. The minimum atomic E-state index is -0.717. The monoisotopic (exact) mass is 550 g/mol. The van der Waals surface area contributed by atoms with Crippen LogP contribution in [0.3, 0.4) is 0 Å². The Hall–Kier alpha value is -4.86. The number of ketones is 1. The van der Waals surface area contributed by atoms with Gasteiger partial charge in [0, 0.05) is 17.6 Å². The van der Waals surface area contributed by atoms with Crippen LogP contribution < -0.4 is 33.2 Å². The third-order valence-corrected chi connectivity index (χ3v) is 6.37. The third-order valence-electron chi connectivity index (χ3n) is 6.37. The molecule has 3 aromatic carbocycles. The number of esters is 1. The molecule has 10 nitrogen and oxygen atoms in total. The number of hydrogen-bond donors (Lipinski definition) is 0. The normalized spacial score (nSPS) is 12.2. The quantitative estimate of drug-likeness (QED) is 0.192. The van der Waals surface area contributed by atoms with Crippen molar-refractivity contribution in [3.8, 4) is 40.2 Å². The zero-order valence-electron chi connectivity index (χ0n) is 23.1. The van der Waals surface area contributed by atoms with Crippen LogP contribution in [0.2, 0.25) is 0 Å². The van der Waals surface area contributed by atoms with Crippen LogP contribution in [0.15, 0.2) is 54.1 Å². The largest absolute Gasteiger partial charge is 0.497 e. The van der Waals surface area contributed by atoms with Gasteiger partial charge in [-0.25, -0.2) is 4.79 Å². The molecule has 3 aromatic rings. The number of methoxy groups -OCH3 is 6. The second-order valence-electron chi connectivity index (χ2n) is 8.53. The summed E-state index contributed by atoms with van der Waals surface area (Å²) in [6.45, 7) is -0.00447. The zero-order valence-corrected chi connectivity index (χ0v) is 23.1.